The normalized spacial score (nSPS) is 16.9. The first-order valence-electron chi connectivity index (χ1n) is 15.0. The van der Waals surface area contributed by atoms with Gasteiger partial charge in [-0.25, -0.2) is 15.0 Å². The zero-order valence-corrected chi connectivity index (χ0v) is 26.0. The molecule has 1 unspecified atom stereocenters. The number of carbonyl (C=O) groups excluding carboxylic acids is 1. The topological polar surface area (TPSA) is 121 Å². The molecule has 6 rings (SSSR count). The van der Waals surface area contributed by atoms with Crippen molar-refractivity contribution in [1.29, 1.82) is 0 Å². The standard InChI is InChI=1S/C33H38N8O4/c1-6-32(42)37-25-17-26(29(43-5)18-28(25)40-13-11-39(4)12-14-40)36-30-19-31(35-20-34-30)41-27(10-15-44-41)23-8-7-9-24(16-23)33-21(2)38-45-22(33)3/h6-9,16-20,27H,1,10-15H2,2-5H3,(H,37,42)(H,34,35,36). The fraction of sp³-hybridized carbons (Fsp3) is 0.333. The van der Waals surface area contributed by atoms with Crippen LogP contribution in [0.15, 0.2) is 66.0 Å². The molecular formula is C33H38N8O4. The first-order valence-corrected chi connectivity index (χ1v) is 15.0. The first-order chi connectivity index (χ1) is 21.8. The number of nitrogens with one attached hydrogen (secondary N) is 2. The SMILES string of the molecule is C=CC(=O)Nc1cc(Nc2cc(N3OCCC3c3cccc(-c4c(C)noc4C)c3)ncn2)c(OC)cc1N1CCN(C)CC1. The van der Waals surface area contributed by atoms with Crippen molar-refractivity contribution < 1.29 is 18.9 Å². The summed E-state index contributed by atoms with van der Waals surface area (Å²) in [6.45, 7) is 11.6. The summed E-state index contributed by atoms with van der Waals surface area (Å²) < 4.78 is 11.2. The number of nitrogens with zero attached hydrogens (tertiary/aromatic N) is 6. The Bertz CT molecular complexity index is 1680. The first kappa shape index (κ1) is 30.1. The highest BCUT2D eigenvalue weighted by molar-refractivity contribution is 6.02. The molecule has 0 aliphatic carbocycles. The van der Waals surface area contributed by atoms with Crippen LogP contribution in [0.5, 0.6) is 5.75 Å². The summed E-state index contributed by atoms with van der Waals surface area (Å²) >= 11 is 0. The number of hydrogen-bond acceptors (Lipinski definition) is 11. The lowest BCUT2D eigenvalue weighted by atomic mass is 9.97. The van der Waals surface area contributed by atoms with Crippen LogP contribution < -0.4 is 25.3 Å². The number of methoxy groups -OCH3 is 1. The molecule has 4 aromatic rings. The molecule has 1 atom stereocenters. The predicted octanol–water partition coefficient (Wildman–Crippen LogP) is 5.26. The van der Waals surface area contributed by atoms with Gasteiger partial charge in [-0.05, 0) is 50.2 Å². The maximum Gasteiger partial charge on any atom is 0.247 e. The van der Waals surface area contributed by atoms with Crippen LogP contribution in [-0.2, 0) is 9.63 Å². The third-order valence-corrected chi connectivity index (χ3v) is 8.24. The number of hydrogen-bond donors (Lipinski definition) is 2. The van der Waals surface area contributed by atoms with Gasteiger partial charge >= 0.3 is 0 Å². The quantitative estimate of drug-likeness (QED) is 0.242. The summed E-state index contributed by atoms with van der Waals surface area (Å²) in [5.41, 5.74) is 6.20. The second kappa shape index (κ2) is 13.0. The molecule has 2 aliphatic rings. The number of aryl methyl sites for hydroxylation is 2. The summed E-state index contributed by atoms with van der Waals surface area (Å²) in [5.74, 6) is 2.28. The summed E-state index contributed by atoms with van der Waals surface area (Å²) in [7, 11) is 3.73. The summed E-state index contributed by atoms with van der Waals surface area (Å²) in [6, 6.07) is 14.0. The van der Waals surface area contributed by atoms with E-state index in [1.54, 1.807) is 7.11 Å². The van der Waals surface area contributed by atoms with Crippen LogP contribution in [0, 0.1) is 13.8 Å². The van der Waals surface area contributed by atoms with E-state index in [0.29, 0.717) is 35.4 Å². The van der Waals surface area contributed by atoms with Crippen molar-refractivity contribution in [2.24, 2.45) is 0 Å². The molecule has 4 heterocycles. The molecule has 2 saturated heterocycles. The number of carbonyl (C=O) groups is 1. The highest BCUT2D eigenvalue weighted by atomic mass is 16.7. The molecule has 0 saturated carbocycles. The van der Waals surface area contributed by atoms with Gasteiger partial charge in [0.2, 0.25) is 5.91 Å². The van der Waals surface area contributed by atoms with Gasteiger partial charge in [-0.2, -0.15) is 0 Å². The number of aromatic nitrogens is 3. The van der Waals surface area contributed by atoms with E-state index in [1.807, 2.05) is 43.2 Å². The number of amides is 1. The zero-order chi connectivity index (χ0) is 31.5. The minimum atomic E-state index is -0.290. The lowest BCUT2D eigenvalue weighted by Crippen LogP contribution is -2.44. The van der Waals surface area contributed by atoms with Crippen LogP contribution in [0.1, 0.15) is 29.5 Å². The third-order valence-electron chi connectivity index (χ3n) is 8.24. The lowest BCUT2D eigenvalue weighted by Gasteiger charge is -2.35. The van der Waals surface area contributed by atoms with Gasteiger partial charge in [-0.1, -0.05) is 29.9 Å². The van der Waals surface area contributed by atoms with Crippen molar-refractivity contribution in [3.8, 4) is 16.9 Å². The fourth-order valence-electron chi connectivity index (χ4n) is 5.90. The number of anilines is 5. The maximum atomic E-state index is 12.4. The van der Waals surface area contributed by atoms with Gasteiger partial charge in [0, 0.05) is 50.3 Å². The molecule has 1 amide bonds. The van der Waals surface area contributed by atoms with Crippen molar-refractivity contribution in [1.82, 2.24) is 20.0 Å². The molecule has 2 aromatic carbocycles. The van der Waals surface area contributed by atoms with Gasteiger partial charge in [0.1, 0.15) is 23.7 Å². The Labute approximate surface area is 262 Å². The van der Waals surface area contributed by atoms with Crippen molar-refractivity contribution in [3.63, 3.8) is 0 Å². The third kappa shape index (κ3) is 6.33. The van der Waals surface area contributed by atoms with E-state index in [4.69, 9.17) is 14.1 Å². The van der Waals surface area contributed by atoms with Crippen molar-refractivity contribution >= 4 is 34.6 Å². The molecule has 2 N–H and O–H groups in total. The Morgan fingerprint density at radius 2 is 1.91 bits per heavy atom. The van der Waals surface area contributed by atoms with E-state index in [-0.39, 0.29) is 11.9 Å². The van der Waals surface area contributed by atoms with E-state index < -0.39 is 0 Å². The Hall–Kier alpha value is -4.94. The van der Waals surface area contributed by atoms with Crippen LogP contribution >= 0.6 is 0 Å². The Morgan fingerprint density at radius 1 is 1.09 bits per heavy atom. The Morgan fingerprint density at radius 3 is 2.64 bits per heavy atom. The van der Waals surface area contributed by atoms with E-state index in [1.165, 1.54) is 12.4 Å². The molecule has 0 spiro atoms. The molecule has 234 valence electrons. The minimum Gasteiger partial charge on any atom is -0.494 e. The second-order valence-electron chi connectivity index (χ2n) is 11.2. The molecular weight excluding hydrogens is 572 g/mol. The molecule has 12 heteroatoms. The number of rotatable bonds is 9. The molecule has 45 heavy (non-hydrogen) atoms. The van der Waals surface area contributed by atoms with Crippen LogP contribution in [0.3, 0.4) is 0 Å². The van der Waals surface area contributed by atoms with E-state index in [0.717, 1.165) is 66.4 Å². The zero-order valence-electron chi connectivity index (χ0n) is 26.0. The number of benzene rings is 2. The van der Waals surface area contributed by atoms with Crippen molar-refractivity contribution in [2.45, 2.75) is 26.3 Å². The summed E-state index contributed by atoms with van der Waals surface area (Å²) in [5, 5.41) is 12.3. The average Bonchev–Trinajstić information content (AvgIpc) is 3.68. The van der Waals surface area contributed by atoms with Gasteiger partial charge in [0.15, 0.2) is 5.82 Å². The summed E-state index contributed by atoms with van der Waals surface area (Å²) in [4.78, 5) is 32.0. The minimum absolute atomic E-state index is 0.0497. The van der Waals surface area contributed by atoms with Crippen LogP contribution in [0.2, 0.25) is 0 Å². The van der Waals surface area contributed by atoms with Gasteiger partial charge in [-0.15, -0.1) is 0 Å². The van der Waals surface area contributed by atoms with E-state index >= 15 is 0 Å². The smallest absolute Gasteiger partial charge is 0.247 e. The Balaban J connectivity index is 1.28. The van der Waals surface area contributed by atoms with Crippen LogP contribution in [0.25, 0.3) is 11.1 Å². The van der Waals surface area contributed by atoms with E-state index in [9.17, 15) is 4.79 Å². The highest BCUT2D eigenvalue weighted by Gasteiger charge is 2.30. The number of piperazine rings is 1. The number of likely N-dealkylation sites (N-methyl/N-ethyl adjacent to an activating group) is 1. The predicted molar refractivity (Wildman–Crippen MR) is 174 cm³/mol. The van der Waals surface area contributed by atoms with Crippen LogP contribution in [-0.4, -0.2) is 72.9 Å². The van der Waals surface area contributed by atoms with Gasteiger partial charge in [0.25, 0.3) is 0 Å². The monoisotopic (exact) mass is 610 g/mol. The molecule has 0 radical (unpaired) electrons. The Kier molecular flexibility index (Phi) is 8.67. The maximum absolute atomic E-state index is 12.4. The van der Waals surface area contributed by atoms with Gasteiger partial charge in [0.05, 0.1) is 42.5 Å². The van der Waals surface area contributed by atoms with Crippen LogP contribution in [0.4, 0.5) is 28.7 Å². The highest BCUT2D eigenvalue weighted by Crippen LogP contribution is 2.40. The van der Waals surface area contributed by atoms with Crippen molar-refractivity contribution in [3.05, 3.63) is 78.5 Å². The molecule has 2 fully saturated rings. The van der Waals surface area contributed by atoms with Crippen molar-refractivity contribution in [2.75, 3.05) is 67.5 Å². The van der Waals surface area contributed by atoms with Gasteiger partial charge < -0.3 is 29.7 Å². The largest absolute Gasteiger partial charge is 0.494 e. The lowest BCUT2D eigenvalue weighted by molar-refractivity contribution is -0.111. The van der Waals surface area contributed by atoms with E-state index in [2.05, 4.69) is 67.4 Å². The number of ether oxygens (including phenoxy) is 1. The molecule has 12 nitrogen and oxygen atoms in total. The fourth-order valence-corrected chi connectivity index (χ4v) is 5.90. The van der Waals surface area contributed by atoms with Gasteiger partial charge in [-0.3, -0.25) is 9.63 Å². The average molecular weight is 611 g/mol. The summed E-state index contributed by atoms with van der Waals surface area (Å²) in [6.07, 6.45) is 3.56. The molecule has 2 aliphatic heterocycles. The molecule has 2 aromatic heterocycles. The number of hydroxylamine groups is 1. The molecule has 0 bridgehead atoms. The second-order valence-corrected chi connectivity index (χ2v) is 11.2.